The number of aromatic nitrogens is 3. The van der Waals surface area contributed by atoms with E-state index in [1.165, 1.54) is 22.3 Å². The summed E-state index contributed by atoms with van der Waals surface area (Å²) in [6.45, 7) is 0. The summed E-state index contributed by atoms with van der Waals surface area (Å²) in [4.78, 5) is 15.5. The number of hydrogen-bond acceptors (Lipinski definition) is 4. The van der Waals surface area contributed by atoms with Gasteiger partial charge in [-0.05, 0) is 64.4 Å². The second kappa shape index (κ2) is 11.3. The van der Waals surface area contributed by atoms with Crippen LogP contribution in [0.15, 0.2) is 150 Å². The van der Waals surface area contributed by atoms with Gasteiger partial charge in [0.05, 0.1) is 0 Å². The number of hydrogen-bond donors (Lipinski definition) is 0. The molecule has 0 atom stereocenters. The Balaban J connectivity index is 1.29. The fourth-order valence-corrected chi connectivity index (χ4v) is 6.70. The smallest absolute Gasteiger partial charge is 0.164 e. The van der Waals surface area contributed by atoms with E-state index < -0.39 is 0 Å². The number of nitrogens with zero attached hydrogens (tertiary/aromatic N) is 3. The minimum atomic E-state index is 0.622. The Labute approximate surface area is 272 Å². The van der Waals surface area contributed by atoms with Crippen LogP contribution in [0.2, 0.25) is 0 Å². The van der Waals surface area contributed by atoms with Gasteiger partial charge in [0.25, 0.3) is 0 Å². The number of benzene rings is 6. The Morgan fingerprint density at radius 2 is 1.11 bits per heavy atom. The van der Waals surface area contributed by atoms with E-state index in [-0.39, 0.29) is 0 Å². The average Bonchev–Trinajstić information content (AvgIpc) is 3.53. The van der Waals surface area contributed by atoms with Crippen LogP contribution in [0.25, 0.3) is 84.4 Å². The van der Waals surface area contributed by atoms with Crippen molar-refractivity contribution in [2.24, 2.45) is 0 Å². The zero-order valence-corrected chi connectivity index (χ0v) is 25.6. The van der Waals surface area contributed by atoms with Crippen molar-refractivity contribution in [1.29, 1.82) is 0 Å². The highest BCUT2D eigenvalue weighted by Gasteiger charge is 2.21. The van der Waals surface area contributed by atoms with E-state index in [1.54, 1.807) is 0 Å². The molecule has 0 aliphatic heterocycles. The molecule has 222 valence electrons. The van der Waals surface area contributed by atoms with E-state index in [0.29, 0.717) is 17.5 Å². The molecule has 8 aromatic rings. The quantitative estimate of drug-likeness (QED) is 0.196. The lowest BCUT2D eigenvalue weighted by atomic mass is 9.92. The molecule has 9 rings (SSSR count). The zero-order valence-electron chi connectivity index (χ0n) is 25.6. The lowest BCUT2D eigenvalue weighted by Gasteiger charge is -2.16. The molecule has 47 heavy (non-hydrogen) atoms. The molecule has 0 bridgehead atoms. The summed E-state index contributed by atoms with van der Waals surface area (Å²) >= 11 is 0. The molecule has 0 saturated carbocycles. The maximum atomic E-state index is 6.50. The van der Waals surface area contributed by atoms with Gasteiger partial charge in [0, 0.05) is 27.5 Å². The predicted molar refractivity (Wildman–Crippen MR) is 192 cm³/mol. The van der Waals surface area contributed by atoms with Gasteiger partial charge in [-0.1, -0.05) is 133 Å². The Bertz CT molecular complexity index is 2440. The van der Waals surface area contributed by atoms with Gasteiger partial charge in [-0.15, -0.1) is 0 Å². The highest BCUT2D eigenvalue weighted by molar-refractivity contribution is 6.13. The van der Waals surface area contributed by atoms with Crippen molar-refractivity contribution in [2.45, 2.75) is 12.8 Å². The predicted octanol–water partition coefficient (Wildman–Crippen LogP) is 11.1. The molecular formula is C43H29N3O. The van der Waals surface area contributed by atoms with Crippen LogP contribution in [-0.4, -0.2) is 15.0 Å². The maximum absolute atomic E-state index is 6.50. The van der Waals surface area contributed by atoms with E-state index in [2.05, 4.69) is 115 Å². The van der Waals surface area contributed by atoms with E-state index in [4.69, 9.17) is 19.4 Å². The average molecular weight is 604 g/mol. The van der Waals surface area contributed by atoms with Crippen LogP contribution < -0.4 is 0 Å². The van der Waals surface area contributed by atoms with E-state index >= 15 is 0 Å². The van der Waals surface area contributed by atoms with Crippen LogP contribution >= 0.6 is 0 Å². The number of furan rings is 1. The molecule has 2 heterocycles. The summed E-state index contributed by atoms with van der Waals surface area (Å²) in [5.41, 5.74) is 11.5. The first-order valence-corrected chi connectivity index (χ1v) is 16.0. The van der Waals surface area contributed by atoms with Crippen molar-refractivity contribution in [3.05, 3.63) is 157 Å². The molecule has 0 unspecified atom stereocenters. The molecule has 4 heteroatoms. The van der Waals surface area contributed by atoms with E-state index in [1.807, 2.05) is 36.4 Å². The largest absolute Gasteiger partial charge is 0.456 e. The first-order chi connectivity index (χ1) is 23.3. The summed E-state index contributed by atoms with van der Waals surface area (Å²) in [6, 6.07) is 48.3. The fourth-order valence-electron chi connectivity index (χ4n) is 6.70. The molecule has 0 fully saturated rings. The van der Waals surface area contributed by atoms with Crippen LogP contribution in [0.3, 0.4) is 0 Å². The molecule has 1 aliphatic rings. The molecule has 0 N–H and O–H groups in total. The molecule has 4 nitrogen and oxygen atoms in total. The molecule has 0 amide bonds. The third-order valence-corrected chi connectivity index (χ3v) is 9.02. The van der Waals surface area contributed by atoms with E-state index in [9.17, 15) is 0 Å². The lowest BCUT2D eigenvalue weighted by molar-refractivity contribution is 0.669. The Morgan fingerprint density at radius 1 is 0.468 bits per heavy atom. The number of fused-ring (bicyclic) bond motifs is 4. The van der Waals surface area contributed by atoms with Crippen LogP contribution in [0.1, 0.15) is 17.5 Å². The minimum absolute atomic E-state index is 0.622. The fraction of sp³-hybridized carbons (Fsp3) is 0.0465. The van der Waals surface area contributed by atoms with Gasteiger partial charge < -0.3 is 4.42 Å². The monoisotopic (exact) mass is 603 g/mol. The third kappa shape index (κ3) is 4.91. The first-order valence-electron chi connectivity index (χ1n) is 16.0. The van der Waals surface area contributed by atoms with Crippen molar-refractivity contribution < 1.29 is 4.42 Å². The summed E-state index contributed by atoms with van der Waals surface area (Å²) in [5.74, 6) is 1.95. The molecule has 2 aromatic heterocycles. The van der Waals surface area contributed by atoms with Crippen LogP contribution in [0.4, 0.5) is 0 Å². The van der Waals surface area contributed by atoms with Crippen molar-refractivity contribution in [2.75, 3.05) is 0 Å². The lowest BCUT2D eigenvalue weighted by Crippen LogP contribution is -2.04. The highest BCUT2D eigenvalue weighted by Crippen LogP contribution is 2.40. The van der Waals surface area contributed by atoms with Crippen molar-refractivity contribution in [3.8, 4) is 56.4 Å². The molecule has 1 aliphatic carbocycles. The summed E-state index contributed by atoms with van der Waals surface area (Å²) in [5, 5.41) is 2.04. The second-order valence-electron chi connectivity index (χ2n) is 11.9. The molecular weight excluding hydrogens is 574 g/mol. The van der Waals surface area contributed by atoms with Crippen LogP contribution in [0.5, 0.6) is 0 Å². The number of rotatable bonds is 5. The third-order valence-electron chi connectivity index (χ3n) is 9.02. The maximum Gasteiger partial charge on any atom is 0.164 e. The van der Waals surface area contributed by atoms with Gasteiger partial charge >= 0.3 is 0 Å². The summed E-state index contributed by atoms with van der Waals surface area (Å²) < 4.78 is 6.50. The van der Waals surface area contributed by atoms with Crippen molar-refractivity contribution in [3.63, 3.8) is 0 Å². The Hall–Kier alpha value is -6.13. The number of para-hydroxylation sites is 1. The van der Waals surface area contributed by atoms with Gasteiger partial charge in [0.1, 0.15) is 11.2 Å². The van der Waals surface area contributed by atoms with Crippen molar-refractivity contribution >= 4 is 28.0 Å². The Morgan fingerprint density at radius 3 is 1.89 bits per heavy atom. The second-order valence-corrected chi connectivity index (χ2v) is 11.9. The van der Waals surface area contributed by atoms with E-state index in [0.717, 1.165) is 62.6 Å². The SMILES string of the molecule is C1=Cc2cccc(-c3nc(-c4ccccc4)nc(-c4cc(-c5ccc(-c6ccccc6)cc5)cc5oc6ccccc6c45)n3)c2CC1. The zero-order chi connectivity index (χ0) is 31.2. The van der Waals surface area contributed by atoms with Gasteiger partial charge in [-0.25, -0.2) is 15.0 Å². The molecule has 0 saturated heterocycles. The Kier molecular flexibility index (Phi) is 6.57. The highest BCUT2D eigenvalue weighted by atomic mass is 16.3. The topological polar surface area (TPSA) is 51.8 Å². The van der Waals surface area contributed by atoms with Crippen LogP contribution in [0, 0.1) is 0 Å². The summed E-state index contributed by atoms with van der Waals surface area (Å²) in [6.07, 6.45) is 6.39. The molecule has 0 spiro atoms. The molecule has 0 radical (unpaired) electrons. The first kappa shape index (κ1) is 27.2. The van der Waals surface area contributed by atoms with Gasteiger partial charge in [-0.3, -0.25) is 0 Å². The van der Waals surface area contributed by atoms with Gasteiger partial charge in [0.2, 0.25) is 0 Å². The van der Waals surface area contributed by atoms with Crippen molar-refractivity contribution in [1.82, 2.24) is 15.0 Å². The summed E-state index contributed by atoms with van der Waals surface area (Å²) in [7, 11) is 0. The van der Waals surface area contributed by atoms with Gasteiger partial charge in [-0.2, -0.15) is 0 Å². The standard InChI is InChI=1S/C43H29N3O/c1-3-12-28(13-4-1)29-22-24-30(25-23-29)33-26-37(40-36-19-9-10-21-38(36)47-39(40)27-33)43-45-41(32-15-5-2-6-16-32)44-42(46-43)35-20-11-17-31-14-7-8-18-34(31)35/h1-7,9-17,19-27H,8,18H2. The minimum Gasteiger partial charge on any atom is -0.456 e. The molecule has 6 aromatic carbocycles. The van der Waals surface area contributed by atoms with Gasteiger partial charge in [0.15, 0.2) is 17.5 Å². The number of allylic oxidation sites excluding steroid dienone is 1. The van der Waals surface area contributed by atoms with Crippen LogP contribution in [-0.2, 0) is 6.42 Å². The normalized spacial score (nSPS) is 12.4.